The fourth-order valence-electron chi connectivity index (χ4n) is 8.94. The Labute approximate surface area is 292 Å². The number of rotatable bonds is 5. The van der Waals surface area contributed by atoms with E-state index in [9.17, 15) is 13.9 Å². The first kappa shape index (κ1) is 33.1. The molecule has 8 rings (SSSR count). The van der Waals surface area contributed by atoms with E-state index >= 15 is 8.78 Å². The second kappa shape index (κ2) is 12.0. The molecule has 0 spiro atoms. The van der Waals surface area contributed by atoms with Crippen LogP contribution in [-0.4, -0.2) is 77.8 Å². The predicted octanol–water partition coefficient (Wildman–Crippen LogP) is 7.40. The van der Waals surface area contributed by atoms with Crippen LogP contribution in [0, 0.1) is 35.3 Å². The second-order valence-corrected chi connectivity index (χ2v) is 15.0. The van der Waals surface area contributed by atoms with E-state index in [-0.39, 0.29) is 69.1 Å². The number of nitrogens with zero attached hydrogens (tertiary/aromatic N) is 4. The van der Waals surface area contributed by atoms with Crippen molar-refractivity contribution in [1.82, 2.24) is 20.2 Å². The number of ether oxygens (including phenoxy) is 1. The van der Waals surface area contributed by atoms with Crippen molar-refractivity contribution in [2.45, 2.75) is 57.2 Å². The summed E-state index contributed by atoms with van der Waals surface area (Å²) in [6.45, 7) is 7.60. The van der Waals surface area contributed by atoms with Gasteiger partial charge in [0.2, 0.25) is 6.43 Å². The molecule has 3 aromatic carbocycles. The number of hydrogen-bond acceptors (Lipinski definition) is 7. The molecule has 0 amide bonds. The molecule has 3 saturated heterocycles. The molecule has 4 aliphatic heterocycles. The fourth-order valence-corrected chi connectivity index (χ4v) is 9.36. The first-order valence-corrected chi connectivity index (χ1v) is 17.2. The maximum Gasteiger partial charge on any atom is 0.319 e. The lowest BCUT2D eigenvalue weighted by Crippen LogP contribution is -2.58. The van der Waals surface area contributed by atoms with Gasteiger partial charge < -0.3 is 25.0 Å². The Morgan fingerprint density at radius 1 is 1.18 bits per heavy atom. The van der Waals surface area contributed by atoms with Crippen molar-refractivity contribution in [3.63, 3.8) is 0 Å². The minimum absolute atomic E-state index is 0.00754. The molecule has 7 nitrogen and oxygen atoms in total. The van der Waals surface area contributed by atoms with E-state index < -0.39 is 29.4 Å². The minimum Gasteiger partial charge on any atom is -0.508 e. The van der Waals surface area contributed by atoms with Crippen LogP contribution in [0.25, 0.3) is 38.4 Å². The lowest BCUT2D eigenvalue weighted by molar-refractivity contribution is -0.0679. The number of benzene rings is 3. The predicted molar refractivity (Wildman–Crippen MR) is 187 cm³/mol. The van der Waals surface area contributed by atoms with Gasteiger partial charge in [0, 0.05) is 59.1 Å². The molecule has 0 radical (unpaired) electrons. The minimum atomic E-state index is -2.54. The molecule has 3 fully saturated rings. The topological polar surface area (TPSA) is 73.8 Å². The van der Waals surface area contributed by atoms with Crippen molar-refractivity contribution in [2.24, 2.45) is 11.3 Å². The highest BCUT2D eigenvalue weighted by Gasteiger charge is 2.46. The number of piperazine rings is 1. The molecule has 50 heavy (non-hydrogen) atoms. The van der Waals surface area contributed by atoms with Gasteiger partial charge in [0.1, 0.15) is 22.9 Å². The highest BCUT2D eigenvalue weighted by Crippen LogP contribution is 2.51. The number of nitrogens with one attached hydrogen (secondary N) is 1. The molecular weight excluding hydrogens is 670 g/mol. The van der Waals surface area contributed by atoms with Crippen LogP contribution in [0.1, 0.15) is 43.7 Å². The first-order chi connectivity index (χ1) is 23.9. The van der Waals surface area contributed by atoms with Crippen LogP contribution in [-0.2, 0) is 0 Å². The lowest BCUT2D eigenvalue weighted by Gasteiger charge is -2.44. The molecule has 1 aromatic heterocycles. The average molecular weight is 706 g/mol. The molecule has 0 aliphatic carbocycles. The molecule has 5 atom stereocenters. The molecule has 2 bridgehead atoms. The summed E-state index contributed by atoms with van der Waals surface area (Å²) in [5.74, 6) is 0.173. The summed E-state index contributed by atoms with van der Waals surface area (Å²) >= 11 is 7.22. The fraction of sp³-hybridized carbons (Fsp3) is 0.421. The van der Waals surface area contributed by atoms with Crippen LogP contribution in [0.2, 0.25) is 5.02 Å². The molecule has 4 aromatic rings. The number of hydrogen-bond donors (Lipinski definition) is 2. The third kappa shape index (κ3) is 5.09. The highest BCUT2D eigenvalue weighted by molar-refractivity contribution is 6.37. The van der Waals surface area contributed by atoms with Crippen LogP contribution in [0.15, 0.2) is 30.8 Å². The number of halogens is 5. The van der Waals surface area contributed by atoms with Gasteiger partial charge in [-0.25, -0.2) is 17.6 Å². The van der Waals surface area contributed by atoms with Crippen molar-refractivity contribution in [3.05, 3.63) is 58.6 Å². The van der Waals surface area contributed by atoms with Crippen LogP contribution >= 0.6 is 11.6 Å². The van der Waals surface area contributed by atoms with Crippen LogP contribution in [0.4, 0.5) is 23.4 Å². The van der Waals surface area contributed by atoms with Gasteiger partial charge in [0.05, 0.1) is 22.6 Å². The van der Waals surface area contributed by atoms with Crippen LogP contribution in [0.3, 0.4) is 0 Å². The van der Waals surface area contributed by atoms with Crippen molar-refractivity contribution in [1.29, 1.82) is 0 Å². The molecule has 12 heteroatoms. The number of terminal acetylenes is 1. The van der Waals surface area contributed by atoms with Crippen molar-refractivity contribution < 1.29 is 27.4 Å². The monoisotopic (exact) mass is 705 g/mol. The smallest absolute Gasteiger partial charge is 0.319 e. The summed E-state index contributed by atoms with van der Waals surface area (Å²) in [6.07, 6.45) is 5.94. The molecule has 2 N–H and O–H groups in total. The number of phenolic OH excluding ortho intramolecular Hbond substituents is 1. The van der Waals surface area contributed by atoms with Gasteiger partial charge >= 0.3 is 6.01 Å². The molecule has 260 valence electrons. The van der Waals surface area contributed by atoms with E-state index in [1.165, 1.54) is 24.3 Å². The van der Waals surface area contributed by atoms with Crippen molar-refractivity contribution >= 4 is 44.7 Å². The highest BCUT2D eigenvalue weighted by atomic mass is 35.5. The summed E-state index contributed by atoms with van der Waals surface area (Å²) in [5, 5.41) is 15.4. The van der Waals surface area contributed by atoms with Gasteiger partial charge in [-0.15, -0.1) is 6.42 Å². The third-order valence-corrected chi connectivity index (χ3v) is 11.7. The van der Waals surface area contributed by atoms with Crippen molar-refractivity contribution in [2.75, 3.05) is 38.2 Å². The second-order valence-electron chi connectivity index (χ2n) is 14.6. The Kier molecular flexibility index (Phi) is 7.93. The van der Waals surface area contributed by atoms with E-state index in [2.05, 4.69) is 27.7 Å². The van der Waals surface area contributed by atoms with Gasteiger partial charge in [-0.1, -0.05) is 37.1 Å². The number of phenols is 1. The van der Waals surface area contributed by atoms with Gasteiger partial charge in [-0.2, -0.15) is 9.97 Å². The number of alkyl halides is 2. The Hall–Kier alpha value is -4.11. The molecule has 5 heterocycles. The zero-order valence-corrected chi connectivity index (χ0v) is 28.4. The van der Waals surface area contributed by atoms with Crippen molar-refractivity contribution in [3.8, 4) is 35.2 Å². The van der Waals surface area contributed by atoms with E-state index in [0.29, 0.717) is 60.2 Å². The van der Waals surface area contributed by atoms with Gasteiger partial charge in [0.25, 0.3) is 0 Å². The SMILES string of the molecule is C#Cc1c(F)ccc2cc(O)cc(-c3c(Cl)c4c5c(nc(OC[C@]6(C)CN(C)CC[C@@H]6C(F)F)nc5c3F)N3C[C@H]5CC[C@H](N5)[C@H]3CC4=C)c12. The molecule has 0 unspecified atom stereocenters. The molecule has 0 saturated carbocycles. The van der Waals surface area contributed by atoms with E-state index in [1.54, 1.807) is 6.92 Å². The van der Waals surface area contributed by atoms with Crippen LogP contribution in [0.5, 0.6) is 11.8 Å². The van der Waals surface area contributed by atoms with E-state index in [0.717, 1.165) is 12.8 Å². The Morgan fingerprint density at radius 2 is 1.98 bits per heavy atom. The maximum absolute atomic E-state index is 17.4. The van der Waals surface area contributed by atoms with E-state index in [4.69, 9.17) is 27.7 Å². The summed E-state index contributed by atoms with van der Waals surface area (Å²) in [7, 11) is 1.89. The van der Waals surface area contributed by atoms with Crippen LogP contribution < -0.4 is 15.0 Å². The largest absolute Gasteiger partial charge is 0.508 e. The zero-order chi connectivity index (χ0) is 35.2. The summed E-state index contributed by atoms with van der Waals surface area (Å²) < 4.78 is 67.3. The summed E-state index contributed by atoms with van der Waals surface area (Å²) in [4.78, 5) is 13.6. The van der Waals surface area contributed by atoms with Gasteiger partial charge in [-0.3, -0.25) is 0 Å². The average Bonchev–Trinajstić information content (AvgIpc) is 3.41. The number of anilines is 1. The quantitative estimate of drug-likeness (QED) is 0.166. The number of likely N-dealkylation sites (tertiary alicyclic amines) is 1. The number of aromatic nitrogens is 2. The Bertz CT molecular complexity index is 2140. The zero-order valence-electron chi connectivity index (χ0n) is 27.7. The normalized spacial score (nSPS) is 26.4. The maximum atomic E-state index is 17.4. The van der Waals surface area contributed by atoms with E-state index in [1.807, 2.05) is 11.9 Å². The summed E-state index contributed by atoms with van der Waals surface area (Å²) in [5.41, 5.74) is -0.106. The first-order valence-electron chi connectivity index (χ1n) is 16.8. The number of piperidine rings is 1. The van der Waals surface area contributed by atoms with Gasteiger partial charge in [-0.05, 0) is 74.0 Å². The Balaban J connectivity index is 1.38. The molecular formula is C38H36ClF4N5O2. The van der Waals surface area contributed by atoms with Gasteiger partial charge in [0.15, 0.2) is 5.82 Å². The number of aromatic hydroxyl groups is 1. The standard InChI is InChI=1S/C38H36ClF4N5O2/c1-5-22-25(40)8-6-19-13-21(49)14-23(29(19)22)30-32(39)28-18(2)12-27-26-9-7-20(44-26)15-48(27)36-31(28)34(33(30)41)45-37(46-36)50-17-38(3)16-47(4)11-10-24(38)35(42)43/h1,6,8,13-14,20,24,26-27,35,44,49H,2,7,9-12,15-17H2,3-4H3/t20-,24-,26+,27-,38+/m1/s1. The Morgan fingerprint density at radius 3 is 2.74 bits per heavy atom. The lowest BCUT2D eigenvalue weighted by atomic mass is 9.73. The number of fused-ring (bicyclic) bond motifs is 6. The summed E-state index contributed by atoms with van der Waals surface area (Å²) in [6, 6.07) is 5.46. The molecule has 4 aliphatic rings. The third-order valence-electron chi connectivity index (χ3n) is 11.3.